The monoisotopic (exact) mass is 288 g/mol. The Kier molecular flexibility index (Phi) is 4.02. The Balaban J connectivity index is 2.13. The molecule has 1 amide bonds. The summed E-state index contributed by atoms with van der Waals surface area (Å²) < 4.78 is 0. The molecule has 0 unspecified atom stereocenters. The topological polar surface area (TPSA) is 137 Å². The van der Waals surface area contributed by atoms with E-state index in [1.807, 2.05) is 0 Å². The van der Waals surface area contributed by atoms with Crippen LogP contribution >= 0.6 is 0 Å². The van der Waals surface area contributed by atoms with E-state index in [0.717, 1.165) is 12.3 Å². The minimum absolute atomic E-state index is 0.0463. The first kappa shape index (κ1) is 14.3. The highest BCUT2D eigenvalue weighted by Crippen LogP contribution is 2.16. The molecule has 0 spiro atoms. The van der Waals surface area contributed by atoms with Crippen LogP contribution in [0.25, 0.3) is 0 Å². The molecule has 9 nitrogen and oxygen atoms in total. The van der Waals surface area contributed by atoms with Crippen LogP contribution in [-0.4, -0.2) is 25.8 Å². The molecular formula is C12H12N6O3. The Hall–Kier alpha value is -3.10. The predicted octanol–water partition coefficient (Wildman–Crippen LogP) is 0.600. The van der Waals surface area contributed by atoms with E-state index in [2.05, 4.69) is 20.3 Å². The predicted molar refractivity (Wildman–Crippen MR) is 73.2 cm³/mol. The van der Waals surface area contributed by atoms with Gasteiger partial charge in [0.2, 0.25) is 0 Å². The van der Waals surface area contributed by atoms with Crippen molar-refractivity contribution >= 4 is 17.4 Å². The van der Waals surface area contributed by atoms with E-state index in [1.54, 1.807) is 19.2 Å². The number of nitro groups is 1. The third-order valence-electron chi connectivity index (χ3n) is 2.62. The quantitative estimate of drug-likeness (QED) is 0.620. The summed E-state index contributed by atoms with van der Waals surface area (Å²) in [5, 5.41) is 13.3. The number of amides is 1. The van der Waals surface area contributed by atoms with E-state index in [-0.39, 0.29) is 23.6 Å². The number of nitrogens with two attached hydrogens (primary N) is 1. The molecule has 2 rings (SSSR count). The van der Waals surface area contributed by atoms with Crippen LogP contribution in [0.1, 0.15) is 21.9 Å². The SMILES string of the molecule is Cc1nccc(CNC(=O)c2cc([N+](=O)[O-])cnc2N)n1. The summed E-state index contributed by atoms with van der Waals surface area (Å²) >= 11 is 0. The summed E-state index contributed by atoms with van der Waals surface area (Å²) in [4.78, 5) is 33.7. The van der Waals surface area contributed by atoms with Crippen LogP contribution in [0.5, 0.6) is 0 Å². The van der Waals surface area contributed by atoms with Crippen molar-refractivity contribution in [2.45, 2.75) is 13.5 Å². The molecule has 0 aliphatic rings. The summed E-state index contributed by atoms with van der Waals surface area (Å²) in [5.41, 5.74) is 5.84. The fourth-order valence-corrected chi connectivity index (χ4v) is 1.62. The van der Waals surface area contributed by atoms with Gasteiger partial charge in [0.05, 0.1) is 22.7 Å². The lowest BCUT2D eigenvalue weighted by Gasteiger charge is -2.06. The fraction of sp³-hybridized carbons (Fsp3) is 0.167. The molecule has 0 saturated heterocycles. The van der Waals surface area contributed by atoms with Crippen LogP contribution in [0.3, 0.4) is 0 Å². The summed E-state index contributed by atoms with van der Waals surface area (Å²) in [6.07, 6.45) is 2.58. The van der Waals surface area contributed by atoms with E-state index in [9.17, 15) is 14.9 Å². The number of carbonyl (C=O) groups excluding carboxylic acids is 1. The van der Waals surface area contributed by atoms with Gasteiger partial charge in [-0.3, -0.25) is 14.9 Å². The van der Waals surface area contributed by atoms with Gasteiger partial charge in [-0.25, -0.2) is 15.0 Å². The van der Waals surface area contributed by atoms with Crippen molar-refractivity contribution in [3.05, 3.63) is 51.7 Å². The number of nitrogens with zero attached hydrogens (tertiary/aromatic N) is 4. The first-order chi connectivity index (χ1) is 9.97. The molecule has 3 N–H and O–H groups in total. The first-order valence-electron chi connectivity index (χ1n) is 5.94. The van der Waals surface area contributed by atoms with Gasteiger partial charge < -0.3 is 11.1 Å². The van der Waals surface area contributed by atoms with Gasteiger partial charge in [-0.15, -0.1) is 0 Å². The number of hydrogen-bond donors (Lipinski definition) is 2. The number of nitrogen functional groups attached to an aromatic ring is 1. The Morgan fingerprint density at radius 1 is 1.48 bits per heavy atom. The van der Waals surface area contributed by atoms with Crippen molar-refractivity contribution in [2.24, 2.45) is 0 Å². The minimum Gasteiger partial charge on any atom is -0.383 e. The zero-order chi connectivity index (χ0) is 15.4. The van der Waals surface area contributed by atoms with E-state index in [1.165, 1.54) is 0 Å². The van der Waals surface area contributed by atoms with E-state index in [0.29, 0.717) is 11.5 Å². The van der Waals surface area contributed by atoms with Gasteiger partial charge in [0, 0.05) is 12.3 Å². The van der Waals surface area contributed by atoms with Crippen molar-refractivity contribution in [2.75, 3.05) is 5.73 Å². The van der Waals surface area contributed by atoms with Gasteiger partial charge in [0.1, 0.15) is 17.8 Å². The molecule has 2 aromatic rings. The number of anilines is 1. The van der Waals surface area contributed by atoms with Crippen LogP contribution in [0, 0.1) is 17.0 Å². The van der Waals surface area contributed by atoms with E-state index in [4.69, 9.17) is 5.73 Å². The summed E-state index contributed by atoms with van der Waals surface area (Å²) in [5.74, 6) is -0.0461. The van der Waals surface area contributed by atoms with Gasteiger partial charge in [0.25, 0.3) is 11.6 Å². The van der Waals surface area contributed by atoms with Gasteiger partial charge in [-0.05, 0) is 13.0 Å². The first-order valence-corrected chi connectivity index (χ1v) is 5.94. The average Bonchev–Trinajstić information content (AvgIpc) is 2.45. The molecule has 108 valence electrons. The van der Waals surface area contributed by atoms with Gasteiger partial charge in [0.15, 0.2) is 0 Å². The van der Waals surface area contributed by atoms with E-state index >= 15 is 0 Å². The van der Waals surface area contributed by atoms with Crippen LogP contribution in [-0.2, 0) is 6.54 Å². The molecule has 0 saturated carbocycles. The zero-order valence-corrected chi connectivity index (χ0v) is 11.1. The number of rotatable bonds is 4. The number of pyridine rings is 1. The largest absolute Gasteiger partial charge is 0.383 e. The fourth-order valence-electron chi connectivity index (χ4n) is 1.62. The van der Waals surface area contributed by atoms with E-state index < -0.39 is 10.8 Å². The Morgan fingerprint density at radius 3 is 2.90 bits per heavy atom. The number of aryl methyl sites for hydroxylation is 1. The standard InChI is InChI=1S/C12H12N6O3/c1-7-14-3-2-8(17-7)5-16-12(19)10-4-9(18(20)21)6-15-11(10)13/h2-4,6H,5H2,1H3,(H2,13,15)(H,16,19). The maximum Gasteiger partial charge on any atom is 0.288 e. The lowest BCUT2D eigenvalue weighted by Crippen LogP contribution is -2.25. The van der Waals surface area contributed by atoms with Crippen LogP contribution in [0.15, 0.2) is 24.5 Å². The second-order valence-electron chi connectivity index (χ2n) is 4.16. The molecule has 0 aliphatic heterocycles. The van der Waals surface area contributed by atoms with Crippen molar-refractivity contribution in [3.8, 4) is 0 Å². The molecule has 9 heteroatoms. The molecule has 0 bridgehead atoms. The second-order valence-corrected chi connectivity index (χ2v) is 4.16. The summed E-state index contributed by atoms with van der Waals surface area (Å²) in [6, 6.07) is 2.74. The number of aromatic nitrogens is 3. The van der Waals surface area contributed by atoms with Gasteiger partial charge in [-0.1, -0.05) is 0 Å². The van der Waals surface area contributed by atoms with Crippen molar-refractivity contribution in [1.82, 2.24) is 20.3 Å². The third kappa shape index (κ3) is 3.47. The maximum atomic E-state index is 12.0. The molecule has 0 aromatic carbocycles. The zero-order valence-electron chi connectivity index (χ0n) is 11.1. The van der Waals surface area contributed by atoms with Crippen LogP contribution in [0.4, 0.5) is 11.5 Å². The molecule has 21 heavy (non-hydrogen) atoms. The second kappa shape index (κ2) is 5.90. The average molecular weight is 288 g/mol. The lowest BCUT2D eigenvalue weighted by molar-refractivity contribution is -0.385. The van der Waals surface area contributed by atoms with Gasteiger partial charge >= 0.3 is 0 Å². The Morgan fingerprint density at radius 2 is 2.24 bits per heavy atom. The maximum absolute atomic E-state index is 12.0. The Labute approximate surface area is 119 Å². The molecule has 0 atom stereocenters. The minimum atomic E-state index is -0.642. The number of nitrogens with one attached hydrogen (secondary N) is 1. The number of hydrogen-bond acceptors (Lipinski definition) is 7. The van der Waals surface area contributed by atoms with Crippen molar-refractivity contribution < 1.29 is 9.72 Å². The van der Waals surface area contributed by atoms with Crippen LogP contribution < -0.4 is 11.1 Å². The molecule has 0 fully saturated rings. The number of carbonyl (C=O) groups is 1. The molecule has 0 radical (unpaired) electrons. The van der Waals surface area contributed by atoms with Gasteiger partial charge in [-0.2, -0.15) is 0 Å². The normalized spacial score (nSPS) is 10.1. The molecule has 2 aromatic heterocycles. The van der Waals surface area contributed by atoms with Crippen LogP contribution in [0.2, 0.25) is 0 Å². The summed E-state index contributed by atoms with van der Waals surface area (Å²) in [6.45, 7) is 1.89. The van der Waals surface area contributed by atoms with Crippen molar-refractivity contribution in [1.29, 1.82) is 0 Å². The smallest absolute Gasteiger partial charge is 0.288 e. The lowest BCUT2D eigenvalue weighted by atomic mass is 10.2. The highest BCUT2D eigenvalue weighted by molar-refractivity contribution is 5.98. The highest BCUT2D eigenvalue weighted by Gasteiger charge is 2.16. The van der Waals surface area contributed by atoms with Crippen molar-refractivity contribution in [3.63, 3.8) is 0 Å². The molecule has 0 aliphatic carbocycles. The third-order valence-corrected chi connectivity index (χ3v) is 2.62. The highest BCUT2D eigenvalue weighted by atomic mass is 16.6. The summed E-state index contributed by atoms with van der Waals surface area (Å²) in [7, 11) is 0. The molecule has 2 heterocycles. The Bertz CT molecular complexity index is 703. The molecular weight excluding hydrogens is 276 g/mol.